The second kappa shape index (κ2) is 9.38. The van der Waals surface area contributed by atoms with E-state index >= 15 is 0 Å². The number of esters is 1. The SMILES string of the molecule is C[C@H]1CCN(C(=O)COC(=O)/C=C/c2ccc([N+](=O)[O-])cc2)c2ccccc2S1. The molecule has 8 heteroatoms. The molecule has 150 valence electrons. The minimum atomic E-state index is -0.650. The van der Waals surface area contributed by atoms with Crippen molar-refractivity contribution in [3.63, 3.8) is 0 Å². The molecule has 1 aliphatic heterocycles. The molecule has 0 saturated carbocycles. The lowest BCUT2D eigenvalue weighted by Gasteiger charge is -2.22. The van der Waals surface area contributed by atoms with Crippen LogP contribution in [0.1, 0.15) is 18.9 Å². The van der Waals surface area contributed by atoms with E-state index in [1.165, 1.54) is 36.4 Å². The standard InChI is InChI=1S/C21H20N2O5S/c1-15-12-13-22(18-4-2-3-5-19(18)29-15)20(24)14-28-21(25)11-8-16-6-9-17(10-7-16)23(26)27/h2-11,15H,12-14H2,1H3/b11-8+/t15-/m0/s1. The third-order valence-electron chi connectivity index (χ3n) is 4.40. The Morgan fingerprint density at radius 3 is 2.69 bits per heavy atom. The van der Waals surface area contributed by atoms with Crippen LogP contribution in [0.25, 0.3) is 6.08 Å². The number of nitrogens with zero attached hydrogens (tertiary/aromatic N) is 2. The molecule has 1 atom stereocenters. The highest BCUT2D eigenvalue weighted by Crippen LogP contribution is 2.37. The number of carbonyl (C=O) groups is 2. The van der Waals surface area contributed by atoms with Crippen molar-refractivity contribution in [3.05, 3.63) is 70.3 Å². The molecule has 0 fully saturated rings. The number of rotatable bonds is 5. The Labute approximate surface area is 172 Å². The van der Waals surface area contributed by atoms with Gasteiger partial charge < -0.3 is 9.64 Å². The maximum Gasteiger partial charge on any atom is 0.331 e. The molecule has 0 spiro atoms. The molecule has 0 unspecified atom stereocenters. The smallest absolute Gasteiger partial charge is 0.331 e. The van der Waals surface area contributed by atoms with Crippen molar-refractivity contribution in [2.24, 2.45) is 0 Å². The van der Waals surface area contributed by atoms with E-state index in [-0.39, 0.29) is 18.2 Å². The van der Waals surface area contributed by atoms with E-state index in [9.17, 15) is 19.7 Å². The lowest BCUT2D eigenvalue weighted by molar-refractivity contribution is -0.384. The fourth-order valence-electron chi connectivity index (χ4n) is 2.88. The van der Waals surface area contributed by atoms with Crippen molar-refractivity contribution < 1.29 is 19.2 Å². The van der Waals surface area contributed by atoms with Gasteiger partial charge in [-0.05, 0) is 42.3 Å². The van der Waals surface area contributed by atoms with Gasteiger partial charge in [0.1, 0.15) is 0 Å². The molecule has 2 aromatic rings. The van der Waals surface area contributed by atoms with Crippen molar-refractivity contribution in [1.82, 2.24) is 0 Å². The van der Waals surface area contributed by atoms with Crippen molar-refractivity contribution in [2.75, 3.05) is 18.1 Å². The zero-order valence-corrected chi connectivity index (χ0v) is 16.6. The molecule has 1 amide bonds. The predicted molar refractivity (Wildman–Crippen MR) is 112 cm³/mol. The van der Waals surface area contributed by atoms with Crippen LogP contribution in [0.15, 0.2) is 59.5 Å². The minimum Gasteiger partial charge on any atom is -0.452 e. The van der Waals surface area contributed by atoms with Crippen molar-refractivity contribution in [1.29, 1.82) is 0 Å². The number of hydrogen-bond acceptors (Lipinski definition) is 6. The predicted octanol–water partition coefficient (Wildman–Crippen LogP) is 4.07. The van der Waals surface area contributed by atoms with Gasteiger partial charge in [0.15, 0.2) is 6.61 Å². The monoisotopic (exact) mass is 412 g/mol. The largest absolute Gasteiger partial charge is 0.452 e. The molecule has 1 aliphatic rings. The molecule has 0 aliphatic carbocycles. The summed E-state index contributed by atoms with van der Waals surface area (Å²) in [4.78, 5) is 37.5. The lowest BCUT2D eigenvalue weighted by atomic mass is 10.2. The molecule has 3 rings (SSSR count). The first-order chi connectivity index (χ1) is 13.9. The summed E-state index contributed by atoms with van der Waals surface area (Å²) in [5.74, 6) is -0.924. The van der Waals surface area contributed by atoms with Crippen LogP contribution in [0.4, 0.5) is 11.4 Å². The van der Waals surface area contributed by atoms with Crippen molar-refractivity contribution >= 4 is 41.1 Å². The van der Waals surface area contributed by atoms with Crippen LogP contribution in [0.5, 0.6) is 0 Å². The fourth-order valence-corrected chi connectivity index (χ4v) is 3.99. The number of fused-ring (bicyclic) bond motifs is 1. The highest BCUT2D eigenvalue weighted by Gasteiger charge is 2.24. The summed E-state index contributed by atoms with van der Waals surface area (Å²) in [6, 6.07) is 13.5. The molecular formula is C21H20N2O5S. The average Bonchev–Trinajstić information content (AvgIpc) is 2.89. The van der Waals surface area contributed by atoms with Crippen LogP contribution in [0.3, 0.4) is 0 Å². The Hall–Kier alpha value is -3.13. The molecule has 2 aromatic carbocycles. The lowest BCUT2D eigenvalue weighted by Crippen LogP contribution is -2.35. The normalized spacial score (nSPS) is 16.2. The number of anilines is 1. The van der Waals surface area contributed by atoms with Gasteiger partial charge in [-0.3, -0.25) is 14.9 Å². The van der Waals surface area contributed by atoms with Gasteiger partial charge in [-0.15, -0.1) is 11.8 Å². The summed E-state index contributed by atoms with van der Waals surface area (Å²) in [5, 5.41) is 11.0. The summed E-state index contributed by atoms with van der Waals surface area (Å²) in [6.07, 6.45) is 3.53. The van der Waals surface area contributed by atoms with Crippen molar-refractivity contribution in [3.8, 4) is 0 Å². The van der Waals surface area contributed by atoms with Gasteiger partial charge in [0, 0.05) is 34.9 Å². The number of hydrogen-bond donors (Lipinski definition) is 0. The molecule has 1 heterocycles. The zero-order valence-electron chi connectivity index (χ0n) is 15.8. The molecule has 0 radical (unpaired) electrons. The van der Waals surface area contributed by atoms with Crippen LogP contribution in [0.2, 0.25) is 0 Å². The molecular weight excluding hydrogens is 392 g/mol. The minimum absolute atomic E-state index is 0.0273. The number of carbonyl (C=O) groups excluding carboxylic acids is 2. The summed E-state index contributed by atoms with van der Waals surface area (Å²) >= 11 is 1.73. The van der Waals surface area contributed by atoms with Crippen LogP contribution in [0, 0.1) is 10.1 Å². The molecule has 0 N–H and O–H groups in total. The maximum absolute atomic E-state index is 12.7. The summed E-state index contributed by atoms with van der Waals surface area (Å²) < 4.78 is 5.09. The van der Waals surface area contributed by atoms with Crippen LogP contribution in [-0.2, 0) is 14.3 Å². The Bertz CT molecular complexity index is 942. The topological polar surface area (TPSA) is 89.8 Å². The Balaban J connectivity index is 1.58. The van der Waals surface area contributed by atoms with Crippen LogP contribution < -0.4 is 4.90 Å². The highest BCUT2D eigenvalue weighted by atomic mass is 32.2. The van der Waals surface area contributed by atoms with Gasteiger partial charge in [-0.1, -0.05) is 19.1 Å². The van der Waals surface area contributed by atoms with E-state index in [2.05, 4.69) is 6.92 Å². The average molecular weight is 412 g/mol. The van der Waals surface area contributed by atoms with E-state index in [4.69, 9.17) is 4.74 Å². The van der Waals surface area contributed by atoms with Gasteiger partial charge in [-0.25, -0.2) is 4.79 Å². The van der Waals surface area contributed by atoms with E-state index in [0.717, 1.165) is 17.0 Å². The van der Waals surface area contributed by atoms with Crippen LogP contribution in [-0.4, -0.2) is 35.2 Å². The second-order valence-electron chi connectivity index (χ2n) is 6.52. The molecule has 29 heavy (non-hydrogen) atoms. The summed E-state index contributed by atoms with van der Waals surface area (Å²) in [5.41, 5.74) is 1.43. The quantitative estimate of drug-likeness (QED) is 0.318. The van der Waals surface area contributed by atoms with Gasteiger partial charge in [-0.2, -0.15) is 0 Å². The molecule has 0 bridgehead atoms. The van der Waals surface area contributed by atoms with Gasteiger partial charge in [0.25, 0.3) is 11.6 Å². The number of ether oxygens (including phenoxy) is 1. The maximum atomic E-state index is 12.7. The molecule has 7 nitrogen and oxygen atoms in total. The van der Waals surface area contributed by atoms with E-state index < -0.39 is 10.9 Å². The number of nitro groups is 1. The third kappa shape index (κ3) is 5.45. The number of para-hydroxylation sites is 1. The number of thioether (sulfide) groups is 1. The van der Waals surface area contributed by atoms with E-state index in [1.54, 1.807) is 16.7 Å². The highest BCUT2D eigenvalue weighted by molar-refractivity contribution is 8.00. The Morgan fingerprint density at radius 1 is 1.24 bits per heavy atom. The molecule has 0 saturated heterocycles. The Kier molecular flexibility index (Phi) is 6.66. The first-order valence-electron chi connectivity index (χ1n) is 9.09. The third-order valence-corrected chi connectivity index (χ3v) is 5.64. The van der Waals surface area contributed by atoms with Crippen LogP contribution >= 0.6 is 11.8 Å². The number of nitro benzene ring substituents is 1. The molecule has 0 aromatic heterocycles. The van der Waals surface area contributed by atoms with E-state index in [0.29, 0.717) is 17.4 Å². The zero-order chi connectivity index (χ0) is 20.8. The van der Waals surface area contributed by atoms with Crippen molar-refractivity contribution in [2.45, 2.75) is 23.5 Å². The first-order valence-corrected chi connectivity index (χ1v) is 9.97. The van der Waals surface area contributed by atoms with Gasteiger partial charge >= 0.3 is 5.97 Å². The Morgan fingerprint density at radius 2 is 1.97 bits per heavy atom. The number of benzene rings is 2. The fraction of sp³-hybridized carbons (Fsp3) is 0.238. The number of non-ortho nitro benzene ring substituents is 1. The number of amides is 1. The summed E-state index contributed by atoms with van der Waals surface area (Å²) in [7, 11) is 0. The van der Waals surface area contributed by atoms with Gasteiger partial charge in [0.2, 0.25) is 0 Å². The van der Waals surface area contributed by atoms with E-state index in [1.807, 2.05) is 24.3 Å². The van der Waals surface area contributed by atoms with Gasteiger partial charge in [0.05, 0.1) is 10.6 Å². The summed E-state index contributed by atoms with van der Waals surface area (Å²) in [6.45, 7) is 2.34. The first kappa shape index (κ1) is 20.6. The second-order valence-corrected chi connectivity index (χ2v) is 8.00.